The second-order valence-corrected chi connectivity index (χ2v) is 4.19. The fraction of sp³-hybridized carbons (Fsp3) is 0.417. The van der Waals surface area contributed by atoms with E-state index in [2.05, 4.69) is 5.32 Å². The second kappa shape index (κ2) is 4.71. The molecule has 1 saturated heterocycles. The minimum Gasteiger partial charge on any atom is -0.381 e. The molecule has 2 rings (SSSR count). The van der Waals surface area contributed by atoms with Gasteiger partial charge in [-0.05, 0) is 24.3 Å². The van der Waals surface area contributed by atoms with Gasteiger partial charge in [-0.15, -0.1) is 0 Å². The highest BCUT2D eigenvalue weighted by Gasteiger charge is 2.38. The zero-order valence-electron chi connectivity index (χ0n) is 9.41. The number of hydrogen-bond acceptors (Lipinski definition) is 3. The number of benzene rings is 1. The maximum Gasteiger partial charge on any atom is 0.243 e. The summed E-state index contributed by atoms with van der Waals surface area (Å²) in [5.74, 6) is -0.708. The second-order valence-electron chi connectivity index (χ2n) is 4.19. The van der Waals surface area contributed by atoms with Crippen LogP contribution in [-0.2, 0) is 9.53 Å². The number of ether oxygens (including phenoxy) is 1. The quantitative estimate of drug-likeness (QED) is 0.833. The Bertz CT molecular complexity index is 399. The van der Waals surface area contributed by atoms with Crippen molar-refractivity contribution in [1.82, 2.24) is 0 Å². The molecule has 0 radical (unpaired) electrons. The monoisotopic (exact) mass is 238 g/mol. The van der Waals surface area contributed by atoms with Gasteiger partial charge in [0.05, 0.1) is 0 Å². The summed E-state index contributed by atoms with van der Waals surface area (Å²) >= 11 is 0. The molecule has 0 unspecified atom stereocenters. The molecule has 5 heteroatoms. The number of nitrogens with one attached hydrogen (secondary N) is 1. The molecule has 1 aromatic rings. The normalized spacial score (nSPS) is 18.6. The van der Waals surface area contributed by atoms with Gasteiger partial charge in [0.2, 0.25) is 5.91 Å². The highest BCUT2D eigenvalue weighted by molar-refractivity contribution is 5.88. The van der Waals surface area contributed by atoms with Crippen LogP contribution >= 0.6 is 0 Å². The SMILES string of the molecule is NC(=O)C1(Nc2ccc(F)cc2)CCOCC1. The molecule has 0 aliphatic carbocycles. The van der Waals surface area contributed by atoms with E-state index < -0.39 is 11.4 Å². The molecule has 1 aliphatic rings. The smallest absolute Gasteiger partial charge is 0.243 e. The summed E-state index contributed by atoms with van der Waals surface area (Å²) < 4.78 is 18.0. The van der Waals surface area contributed by atoms with E-state index in [1.54, 1.807) is 12.1 Å². The predicted octanol–water partition coefficient (Wildman–Crippen LogP) is 1.27. The third kappa shape index (κ3) is 2.55. The van der Waals surface area contributed by atoms with Gasteiger partial charge in [0.1, 0.15) is 11.4 Å². The third-order valence-electron chi connectivity index (χ3n) is 3.05. The lowest BCUT2D eigenvalue weighted by Crippen LogP contribution is -2.53. The van der Waals surface area contributed by atoms with Crippen LogP contribution in [0.5, 0.6) is 0 Å². The van der Waals surface area contributed by atoms with Gasteiger partial charge in [0.15, 0.2) is 0 Å². The Morgan fingerprint density at radius 1 is 1.29 bits per heavy atom. The Balaban J connectivity index is 2.17. The van der Waals surface area contributed by atoms with Crippen molar-refractivity contribution in [1.29, 1.82) is 0 Å². The number of amides is 1. The molecule has 1 heterocycles. The van der Waals surface area contributed by atoms with Crippen molar-refractivity contribution in [2.75, 3.05) is 18.5 Å². The fourth-order valence-electron chi connectivity index (χ4n) is 1.96. The average Bonchev–Trinajstić information content (AvgIpc) is 2.33. The molecule has 0 saturated carbocycles. The summed E-state index contributed by atoms with van der Waals surface area (Å²) in [4.78, 5) is 11.6. The molecule has 4 nitrogen and oxygen atoms in total. The number of carbonyl (C=O) groups is 1. The van der Waals surface area contributed by atoms with Gasteiger partial charge < -0.3 is 15.8 Å². The minimum absolute atomic E-state index is 0.310. The van der Waals surface area contributed by atoms with E-state index >= 15 is 0 Å². The highest BCUT2D eigenvalue weighted by atomic mass is 19.1. The van der Waals surface area contributed by atoms with E-state index in [-0.39, 0.29) is 5.82 Å². The minimum atomic E-state index is -0.782. The first kappa shape index (κ1) is 11.9. The average molecular weight is 238 g/mol. The van der Waals surface area contributed by atoms with Crippen LogP contribution in [0.3, 0.4) is 0 Å². The third-order valence-corrected chi connectivity index (χ3v) is 3.05. The Labute approximate surface area is 98.9 Å². The molecule has 1 aromatic carbocycles. The van der Waals surface area contributed by atoms with Gasteiger partial charge in [-0.1, -0.05) is 0 Å². The fourth-order valence-corrected chi connectivity index (χ4v) is 1.96. The van der Waals surface area contributed by atoms with Gasteiger partial charge >= 0.3 is 0 Å². The molecule has 0 spiro atoms. The molecule has 1 aliphatic heterocycles. The van der Waals surface area contributed by atoms with Crippen LogP contribution in [0.1, 0.15) is 12.8 Å². The van der Waals surface area contributed by atoms with Gasteiger partial charge in [0.25, 0.3) is 0 Å². The Morgan fingerprint density at radius 3 is 2.41 bits per heavy atom. The molecule has 0 atom stereocenters. The summed E-state index contributed by atoms with van der Waals surface area (Å²) in [5.41, 5.74) is 5.35. The molecule has 1 fully saturated rings. The van der Waals surface area contributed by atoms with Crippen LogP contribution in [-0.4, -0.2) is 24.7 Å². The molecular weight excluding hydrogens is 223 g/mol. The van der Waals surface area contributed by atoms with Crippen molar-refractivity contribution < 1.29 is 13.9 Å². The molecule has 0 aromatic heterocycles. The van der Waals surface area contributed by atoms with Gasteiger partial charge in [-0.25, -0.2) is 4.39 Å². The van der Waals surface area contributed by atoms with E-state index in [1.165, 1.54) is 12.1 Å². The van der Waals surface area contributed by atoms with Gasteiger partial charge in [0, 0.05) is 31.7 Å². The van der Waals surface area contributed by atoms with Crippen molar-refractivity contribution in [3.05, 3.63) is 30.1 Å². The number of anilines is 1. The van der Waals surface area contributed by atoms with Crippen molar-refractivity contribution in [3.8, 4) is 0 Å². The van der Waals surface area contributed by atoms with Crippen LogP contribution in [0.2, 0.25) is 0 Å². The van der Waals surface area contributed by atoms with Crippen LogP contribution in [0.15, 0.2) is 24.3 Å². The zero-order valence-corrected chi connectivity index (χ0v) is 9.41. The van der Waals surface area contributed by atoms with Gasteiger partial charge in [-0.2, -0.15) is 0 Å². The van der Waals surface area contributed by atoms with Gasteiger partial charge in [-0.3, -0.25) is 4.79 Å². The molecular formula is C12H15FN2O2. The number of halogens is 1. The number of rotatable bonds is 3. The topological polar surface area (TPSA) is 64.4 Å². The van der Waals surface area contributed by atoms with E-state index in [0.29, 0.717) is 31.7 Å². The maximum absolute atomic E-state index is 12.8. The number of nitrogens with two attached hydrogens (primary N) is 1. The van der Waals surface area contributed by atoms with Crippen LogP contribution < -0.4 is 11.1 Å². The first-order valence-corrected chi connectivity index (χ1v) is 5.54. The molecule has 0 bridgehead atoms. The summed E-state index contributed by atoms with van der Waals surface area (Å²) in [6.07, 6.45) is 1.05. The van der Waals surface area contributed by atoms with E-state index in [1.807, 2.05) is 0 Å². The Kier molecular flexibility index (Phi) is 3.28. The molecule has 92 valence electrons. The summed E-state index contributed by atoms with van der Waals surface area (Å²) in [7, 11) is 0. The van der Waals surface area contributed by atoms with Crippen LogP contribution in [0.4, 0.5) is 10.1 Å². The first-order valence-electron chi connectivity index (χ1n) is 5.54. The van der Waals surface area contributed by atoms with Crippen molar-refractivity contribution in [2.45, 2.75) is 18.4 Å². The number of hydrogen-bond donors (Lipinski definition) is 2. The number of carbonyl (C=O) groups excluding carboxylic acids is 1. The largest absolute Gasteiger partial charge is 0.381 e. The lowest BCUT2D eigenvalue weighted by molar-refractivity contribution is -0.125. The lowest BCUT2D eigenvalue weighted by Gasteiger charge is -2.35. The molecule has 3 N–H and O–H groups in total. The molecule has 1 amide bonds. The van der Waals surface area contributed by atoms with Crippen molar-refractivity contribution in [3.63, 3.8) is 0 Å². The predicted molar refractivity (Wildman–Crippen MR) is 62.0 cm³/mol. The maximum atomic E-state index is 12.8. The van der Waals surface area contributed by atoms with E-state index in [9.17, 15) is 9.18 Å². The van der Waals surface area contributed by atoms with E-state index in [0.717, 1.165) is 0 Å². The molecule has 17 heavy (non-hydrogen) atoms. The number of primary amides is 1. The first-order chi connectivity index (χ1) is 8.12. The Morgan fingerprint density at radius 2 is 1.88 bits per heavy atom. The Hall–Kier alpha value is -1.62. The standard InChI is InChI=1S/C12H15FN2O2/c13-9-1-3-10(4-2-9)15-12(11(14)16)5-7-17-8-6-12/h1-4,15H,5-8H2,(H2,14,16). The van der Waals surface area contributed by atoms with E-state index in [4.69, 9.17) is 10.5 Å². The van der Waals surface area contributed by atoms with Crippen molar-refractivity contribution in [2.24, 2.45) is 5.73 Å². The lowest BCUT2D eigenvalue weighted by atomic mass is 9.89. The van der Waals surface area contributed by atoms with Crippen molar-refractivity contribution >= 4 is 11.6 Å². The van der Waals surface area contributed by atoms with Crippen LogP contribution in [0.25, 0.3) is 0 Å². The summed E-state index contributed by atoms with van der Waals surface area (Å²) in [5, 5.41) is 3.10. The zero-order chi connectivity index (χ0) is 12.3. The summed E-state index contributed by atoms with van der Waals surface area (Å²) in [6, 6.07) is 5.87. The summed E-state index contributed by atoms with van der Waals surface area (Å²) in [6.45, 7) is 0.994. The highest BCUT2D eigenvalue weighted by Crippen LogP contribution is 2.25. The van der Waals surface area contributed by atoms with Crippen LogP contribution in [0, 0.1) is 5.82 Å².